The van der Waals surface area contributed by atoms with Crippen LogP contribution in [0.15, 0.2) is 0 Å². The molecule has 0 aliphatic rings. The first kappa shape index (κ1) is 18.0. The van der Waals surface area contributed by atoms with E-state index in [1.54, 1.807) is 7.11 Å². The van der Waals surface area contributed by atoms with E-state index in [-0.39, 0.29) is 11.8 Å². The maximum atomic E-state index is 6.40. The molecule has 0 aromatic heterocycles. The number of ether oxygens (including phenoxy) is 2. The van der Waals surface area contributed by atoms with Crippen LogP contribution >= 0.6 is 0 Å². The zero-order valence-corrected chi connectivity index (χ0v) is 13.7. The normalized spacial score (nSPS) is 18.8. The van der Waals surface area contributed by atoms with Crippen LogP contribution in [0.4, 0.5) is 0 Å². The molecule has 0 bridgehead atoms. The summed E-state index contributed by atoms with van der Waals surface area (Å²) in [5.74, 6) is 1.80. The van der Waals surface area contributed by atoms with E-state index < -0.39 is 0 Å². The Labute approximate surface area is 115 Å². The van der Waals surface area contributed by atoms with Gasteiger partial charge in [-0.1, -0.05) is 48.4 Å². The van der Waals surface area contributed by atoms with Gasteiger partial charge in [0.15, 0.2) is 7.28 Å². The molecule has 0 N–H and O–H groups in total. The lowest BCUT2D eigenvalue weighted by atomic mass is 9.73. The Morgan fingerprint density at radius 2 is 1.67 bits per heavy atom. The average molecular weight is 256 g/mol. The number of hydrogen-bond donors (Lipinski definition) is 0. The monoisotopic (exact) mass is 256 g/mol. The second-order valence-electron chi connectivity index (χ2n) is 6.24. The molecule has 0 rings (SSSR count). The largest absolute Gasteiger partial charge is 0.364 e. The molecule has 0 saturated carbocycles. The molecule has 108 valence electrons. The van der Waals surface area contributed by atoms with Crippen molar-refractivity contribution >= 4 is 7.28 Å². The highest BCUT2D eigenvalue weighted by Gasteiger charge is 2.39. The van der Waals surface area contributed by atoms with Gasteiger partial charge in [-0.3, -0.25) is 0 Å². The Balaban J connectivity index is 5.08. The Kier molecular flexibility index (Phi) is 8.21. The third-order valence-corrected chi connectivity index (χ3v) is 4.14. The molecule has 0 aliphatic heterocycles. The first-order chi connectivity index (χ1) is 8.32. The van der Waals surface area contributed by atoms with Gasteiger partial charge < -0.3 is 9.47 Å². The minimum atomic E-state index is -0.0788. The summed E-state index contributed by atoms with van der Waals surface area (Å²) in [4.78, 5) is 0. The second kappa shape index (κ2) is 8.21. The highest BCUT2D eigenvalue weighted by molar-refractivity contribution is 6.34. The van der Waals surface area contributed by atoms with E-state index >= 15 is 0 Å². The van der Waals surface area contributed by atoms with Crippen molar-refractivity contribution in [3.63, 3.8) is 0 Å². The smallest absolute Gasteiger partial charge is 0.189 e. The molecule has 0 saturated heterocycles. The number of rotatable bonds is 9. The van der Waals surface area contributed by atoms with Gasteiger partial charge in [0.1, 0.15) is 6.19 Å². The summed E-state index contributed by atoms with van der Waals surface area (Å²) < 4.78 is 11.8. The van der Waals surface area contributed by atoms with E-state index in [1.165, 1.54) is 0 Å². The third-order valence-electron chi connectivity index (χ3n) is 4.14. The minimum absolute atomic E-state index is 0.0565. The van der Waals surface area contributed by atoms with Crippen molar-refractivity contribution in [1.82, 2.24) is 0 Å². The van der Waals surface area contributed by atoms with Gasteiger partial charge in [-0.25, -0.2) is 0 Å². The summed E-state index contributed by atoms with van der Waals surface area (Å²) in [6.45, 7) is 15.8. The predicted octanol–water partition coefficient (Wildman–Crippen LogP) is 3.90. The van der Waals surface area contributed by atoms with Crippen LogP contribution in [0.3, 0.4) is 0 Å². The average Bonchev–Trinajstić information content (AvgIpc) is 2.32. The molecule has 3 unspecified atom stereocenters. The lowest BCUT2D eigenvalue weighted by molar-refractivity contribution is -0.194. The van der Waals surface area contributed by atoms with Crippen molar-refractivity contribution in [1.29, 1.82) is 0 Å². The third kappa shape index (κ3) is 4.93. The van der Waals surface area contributed by atoms with Gasteiger partial charge in [-0.05, 0) is 30.6 Å². The number of hydrogen-bond acceptors (Lipinski definition) is 2. The molecule has 0 radical (unpaired) electrons. The zero-order valence-electron chi connectivity index (χ0n) is 13.7. The van der Waals surface area contributed by atoms with Crippen LogP contribution in [0.25, 0.3) is 0 Å². The highest BCUT2D eigenvalue weighted by Crippen LogP contribution is 2.38. The van der Waals surface area contributed by atoms with Crippen LogP contribution in [0.2, 0.25) is 6.82 Å². The lowest BCUT2D eigenvalue weighted by Crippen LogP contribution is -2.46. The topological polar surface area (TPSA) is 18.5 Å². The number of methoxy groups -OCH3 is 1. The summed E-state index contributed by atoms with van der Waals surface area (Å²) in [6, 6.07) is 0. The van der Waals surface area contributed by atoms with Crippen LogP contribution in [-0.4, -0.2) is 26.2 Å². The quantitative estimate of drug-likeness (QED) is 0.460. The van der Waals surface area contributed by atoms with E-state index in [4.69, 9.17) is 9.47 Å². The van der Waals surface area contributed by atoms with Gasteiger partial charge in [-0.15, -0.1) is 0 Å². The molecule has 0 aliphatic carbocycles. The van der Waals surface area contributed by atoms with Gasteiger partial charge in [-0.2, -0.15) is 0 Å². The maximum absolute atomic E-state index is 6.40. The van der Waals surface area contributed by atoms with Crippen LogP contribution in [0.1, 0.15) is 54.4 Å². The van der Waals surface area contributed by atoms with Crippen molar-refractivity contribution in [3.8, 4) is 0 Å². The fourth-order valence-corrected chi connectivity index (χ4v) is 2.75. The second-order valence-corrected chi connectivity index (χ2v) is 6.24. The van der Waals surface area contributed by atoms with Crippen molar-refractivity contribution in [2.45, 2.75) is 73.0 Å². The Morgan fingerprint density at radius 3 is 1.94 bits per heavy atom. The molecule has 0 amide bonds. The Hall–Kier alpha value is -0.0151. The van der Waals surface area contributed by atoms with Crippen LogP contribution in [0, 0.1) is 17.8 Å². The fraction of sp³-hybridized carbons (Fsp3) is 1.00. The summed E-state index contributed by atoms with van der Waals surface area (Å²) in [7, 11) is 2.64. The molecule has 0 fully saturated rings. The molecule has 0 aromatic rings. The van der Waals surface area contributed by atoms with E-state index in [1.807, 2.05) is 0 Å². The molecule has 3 heteroatoms. The minimum Gasteiger partial charge on any atom is -0.364 e. The Bertz CT molecular complexity index is 215. The molecule has 3 atom stereocenters. The molecule has 2 nitrogen and oxygen atoms in total. The van der Waals surface area contributed by atoms with Gasteiger partial charge in [0.25, 0.3) is 0 Å². The Morgan fingerprint density at radius 1 is 1.11 bits per heavy atom. The van der Waals surface area contributed by atoms with E-state index in [2.05, 4.69) is 48.4 Å². The standard InChI is InChI=1S/C15H33BO2/c1-9-15(10-11(2)3,13(6)12(4)5)18-14(16-7)17-8/h11-14,16H,9-10H2,1-8H3. The van der Waals surface area contributed by atoms with Gasteiger partial charge >= 0.3 is 0 Å². The SMILES string of the molecule is CBC(OC)OC(CC)(CC(C)C)C(C)C(C)C. The molecule has 18 heavy (non-hydrogen) atoms. The summed E-state index contributed by atoms with van der Waals surface area (Å²) in [6.07, 6.45) is 2.07. The maximum Gasteiger partial charge on any atom is 0.189 e. The molecular weight excluding hydrogens is 223 g/mol. The van der Waals surface area contributed by atoms with E-state index in [0.717, 1.165) is 20.1 Å². The van der Waals surface area contributed by atoms with Gasteiger partial charge in [0, 0.05) is 7.11 Å². The summed E-state index contributed by atoms with van der Waals surface area (Å²) >= 11 is 0. The van der Waals surface area contributed by atoms with Crippen LogP contribution < -0.4 is 0 Å². The van der Waals surface area contributed by atoms with Crippen molar-refractivity contribution in [3.05, 3.63) is 0 Å². The first-order valence-electron chi connectivity index (χ1n) is 7.53. The molecule has 0 spiro atoms. The van der Waals surface area contributed by atoms with Crippen LogP contribution in [0.5, 0.6) is 0 Å². The van der Waals surface area contributed by atoms with Crippen molar-refractivity contribution in [2.24, 2.45) is 17.8 Å². The summed E-state index contributed by atoms with van der Waals surface area (Å²) in [5, 5.41) is 0. The fourth-order valence-electron chi connectivity index (χ4n) is 2.75. The lowest BCUT2D eigenvalue weighted by Gasteiger charge is -2.43. The molecule has 0 aromatic carbocycles. The van der Waals surface area contributed by atoms with E-state index in [0.29, 0.717) is 17.8 Å². The van der Waals surface area contributed by atoms with Crippen molar-refractivity contribution < 1.29 is 9.47 Å². The van der Waals surface area contributed by atoms with Gasteiger partial charge in [0.2, 0.25) is 0 Å². The van der Waals surface area contributed by atoms with Crippen molar-refractivity contribution in [2.75, 3.05) is 7.11 Å². The summed E-state index contributed by atoms with van der Waals surface area (Å²) in [5.41, 5.74) is -0.0565. The molecular formula is C15H33BO2. The van der Waals surface area contributed by atoms with E-state index in [9.17, 15) is 0 Å². The predicted molar refractivity (Wildman–Crippen MR) is 81.4 cm³/mol. The first-order valence-corrected chi connectivity index (χ1v) is 7.53. The molecule has 0 heterocycles. The zero-order chi connectivity index (χ0) is 14.3. The van der Waals surface area contributed by atoms with Gasteiger partial charge in [0.05, 0.1) is 5.60 Å². The highest BCUT2D eigenvalue weighted by atomic mass is 16.7. The van der Waals surface area contributed by atoms with Crippen LogP contribution in [-0.2, 0) is 9.47 Å².